The molecule has 2 nitrogen and oxygen atoms in total. The summed E-state index contributed by atoms with van der Waals surface area (Å²) in [5, 5.41) is 17.5. The molecule has 0 spiro atoms. The molecular weight excluding hydrogens is 296 g/mol. The third-order valence-electron chi connectivity index (χ3n) is 5.61. The highest BCUT2D eigenvalue weighted by molar-refractivity contribution is 4.63. The van der Waals surface area contributed by atoms with Crippen LogP contribution in [0.4, 0.5) is 0 Å². The van der Waals surface area contributed by atoms with Gasteiger partial charge in [-0.15, -0.1) is 0 Å². The average Bonchev–Trinajstić information content (AvgIpc) is 2.59. The smallest absolute Gasteiger partial charge is 0.0431 e. The summed E-state index contributed by atoms with van der Waals surface area (Å²) in [5.74, 6) is 1.76. The first kappa shape index (κ1) is 23.9. The fourth-order valence-corrected chi connectivity index (χ4v) is 3.49. The Morgan fingerprint density at radius 2 is 0.667 bits per heavy atom. The molecule has 0 saturated carbocycles. The molecule has 24 heavy (non-hydrogen) atoms. The third-order valence-corrected chi connectivity index (χ3v) is 5.61. The molecule has 0 radical (unpaired) electrons. The van der Waals surface area contributed by atoms with Crippen LogP contribution in [0.25, 0.3) is 0 Å². The van der Waals surface area contributed by atoms with E-state index in [4.69, 9.17) is 10.2 Å². The van der Waals surface area contributed by atoms with E-state index in [0.717, 1.165) is 24.7 Å². The molecule has 0 fully saturated rings. The summed E-state index contributed by atoms with van der Waals surface area (Å²) >= 11 is 0. The monoisotopic (exact) mass is 342 g/mol. The molecule has 0 aliphatic carbocycles. The zero-order chi connectivity index (χ0) is 17.9. The predicted molar refractivity (Wildman–Crippen MR) is 106 cm³/mol. The molecule has 0 rings (SSSR count). The van der Waals surface area contributed by atoms with E-state index in [1.54, 1.807) is 0 Å². The van der Waals surface area contributed by atoms with E-state index < -0.39 is 0 Å². The molecular formula is C22H46O2. The van der Waals surface area contributed by atoms with Gasteiger partial charge in [0.15, 0.2) is 0 Å². The minimum atomic E-state index is 0.360. The number of hydrogen-bond acceptors (Lipinski definition) is 2. The molecule has 0 amide bonds. The van der Waals surface area contributed by atoms with Gasteiger partial charge in [-0.05, 0) is 24.7 Å². The lowest BCUT2D eigenvalue weighted by Crippen LogP contribution is -2.08. The number of hydrogen-bond donors (Lipinski definition) is 2. The Labute approximate surface area is 152 Å². The lowest BCUT2D eigenvalue weighted by Gasteiger charge is -2.19. The molecule has 0 aromatic carbocycles. The van der Waals surface area contributed by atoms with E-state index in [9.17, 15) is 0 Å². The fourth-order valence-electron chi connectivity index (χ4n) is 3.49. The first-order valence-electron chi connectivity index (χ1n) is 10.9. The van der Waals surface area contributed by atoms with Crippen molar-refractivity contribution >= 4 is 0 Å². The van der Waals surface area contributed by atoms with Crippen molar-refractivity contribution in [2.75, 3.05) is 13.2 Å². The maximum Gasteiger partial charge on any atom is 0.0431 e. The zero-order valence-corrected chi connectivity index (χ0v) is 16.8. The van der Waals surface area contributed by atoms with Crippen molar-refractivity contribution in [3.8, 4) is 0 Å². The highest BCUT2D eigenvalue weighted by Gasteiger charge is 2.11. The van der Waals surface area contributed by atoms with Gasteiger partial charge in [-0.1, -0.05) is 104 Å². The normalized spacial score (nSPS) is 14.0. The van der Waals surface area contributed by atoms with Crippen LogP contribution in [0.2, 0.25) is 0 Å². The van der Waals surface area contributed by atoms with Gasteiger partial charge >= 0.3 is 0 Å². The van der Waals surface area contributed by atoms with Gasteiger partial charge in [0.05, 0.1) is 0 Å². The van der Waals surface area contributed by atoms with Crippen LogP contribution < -0.4 is 0 Å². The SMILES string of the molecule is CC(CCCCCCCCCO)C(C)CCCCCCCCCO. The van der Waals surface area contributed by atoms with Crippen LogP contribution in [-0.2, 0) is 0 Å². The second-order valence-electron chi connectivity index (χ2n) is 7.93. The molecule has 146 valence electrons. The van der Waals surface area contributed by atoms with Crippen LogP contribution in [-0.4, -0.2) is 23.4 Å². The summed E-state index contributed by atoms with van der Waals surface area (Å²) in [6, 6.07) is 0. The van der Waals surface area contributed by atoms with Crippen molar-refractivity contribution < 1.29 is 10.2 Å². The molecule has 0 aliphatic rings. The van der Waals surface area contributed by atoms with Crippen molar-refractivity contribution in [3.63, 3.8) is 0 Å². The second kappa shape index (κ2) is 19.2. The number of aliphatic hydroxyl groups is 2. The standard InChI is InChI=1S/C22H46O2/c1-21(17-13-9-5-3-7-11-15-19-23)22(2)18-14-10-6-4-8-12-16-20-24/h21-24H,3-20H2,1-2H3. The number of unbranched alkanes of at least 4 members (excludes halogenated alkanes) is 12. The maximum absolute atomic E-state index is 8.75. The minimum Gasteiger partial charge on any atom is -0.396 e. The van der Waals surface area contributed by atoms with Gasteiger partial charge in [-0.2, -0.15) is 0 Å². The summed E-state index contributed by atoms with van der Waals surface area (Å²) in [6.07, 6.45) is 20.8. The predicted octanol–water partition coefficient (Wildman–Crippen LogP) is 6.48. The Morgan fingerprint density at radius 3 is 0.958 bits per heavy atom. The van der Waals surface area contributed by atoms with E-state index in [0.29, 0.717) is 13.2 Å². The van der Waals surface area contributed by atoms with Crippen molar-refractivity contribution in [2.45, 2.75) is 117 Å². The van der Waals surface area contributed by atoms with Gasteiger partial charge in [0.25, 0.3) is 0 Å². The van der Waals surface area contributed by atoms with Crippen LogP contribution in [0.3, 0.4) is 0 Å². The quantitative estimate of drug-likeness (QED) is 0.264. The highest BCUT2D eigenvalue weighted by atomic mass is 16.3. The van der Waals surface area contributed by atoms with Gasteiger partial charge in [0.1, 0.15) is 0 Å². The third kappa shape index (κ3) is 16.8. The lowest BCUT2D eigenvalue weighted by molar-refractivity contribution is 0.281. The fraction of sp³-hybridized carbons (Fsp3) is 1.00. The van der Waals surface area contributed by atoms with Crippen molar-refractivity contribution in [1.29, 1.82) is 0 Å². The van der Waals surface area contributed by atoms with Crippen molar-refractivity contribution in [2.24, 2.45) is 11.8 Å². The van der Waals surface area contributed by atoms with Gasteiger partial charge in [0.2, 0.25) is 0 Å². The Morgan fingerprint density at radius 1 is 0.417 bits per heavy atom. The molecule has 0 aromatic rings. The van der Waals surface area contributed by atoms with Gasteiger partial charge < -0.3 is 10.2 Å². The zero-order valence-electron chi connectivity index (χ0n) is 16.8. The summed E-state index contributed by atoms with van der Waals surface area (Å²) in [6.45, 7) is 5.61. The average molecular weight is 343 g/mol. The summed E-state index contributed by atoms with van der Waals surface area (Å²) in [5.41, 5.74) is 0. The molecule has 2 atom stereocenters. The van der Waals surface area contributed by atoms with E-state index in [1.165, 1.54) is 89.9 Å². The van der Waals surface area contributed by atoms with Crippen LogP contribution in [0.15, 0.2) is 0 Å². The summed E-state index contributed by atoms with van der Waals surface area (Å²) in [7, 11) is 0. The van der Waals surface area contributed by atoms with E-state index in [-0.39, 0.29) is 0 Å². The first-order chi connectivity index (χ1) is 11.7. The molecule has 0 aliphatic heterocycles. The minimum absolute atomic E-state index is 0.360. The van der Waals surface area contributed by atoms with Crippen molar-refractivity contribution in [1.82, 2.24) is 0 Å². The molecule has 0 heterocycles. The largest absolute Gasteiger partial charge is 0.396 e. The summed E-state index contributed by atoms with van der Waals surface area (Å²) in [4.78, 5) is 0. The number of aliphatic hydroxyl groups excluding tert-OH is 2. The van der Waals surface area contributed by atoms with Crippen LogP contribution in [0, 0.1) is 11.8 Å². The maximum atomic E-state index is 8.75. The van der Waals surface area contributed by atoms with Crippen LogP contribution in [0.1, 0.15) is 117 Å². The van der Waals surface area contributed by atoms with E-state index in [2.05, 4.69) is 13.8 Å². The topological polar surface area (TPSA) is 40.5 Å². The molecule has 0 saturated heterocycles. The van der Waals surface area contributed by atoms with Crippen molar-refractivity contribution in [3.05, 3.63) is 0 Å². The Kier molecular flexibility index (Phi) is 19.2. The molecule has 0 aromatic heterocycles. The lowest BCUT2D eigenvalue weighted by atomic mass is 9.86. The Hall–Kier alpha value is -0.0800. The van der Waals surface area contributed by atoms with Gasteiger partial charge in [0, 0.05) is 13.2 Å². The van der Waals surface area contributed by atoms with Crippen LogP contribution in [0.5, 0.6) is 0 Å². The van der Waals surface area contributed by atoms with Gasteiger partial charge in [-0.25, -0.2) is 0 Å². The summed E-state index contributed by atoms with van der Waals surface area (Å²) < 4.78 is 0. The number of rotatable bonds is 19. The van der Waals surface area contributed by atoms with Crippen LogP contribution >= 0.6 is 0 Å². The Balaban J connectivity index is 3.32. The molecule has 2 unspecified atom stereocenters. The Bertz CT molecular complexity index is 206. The molecule has 2 heteroatoms. The van der Waals surface area contributed by atoms with E-state index in [1.807, 2.05) is 0 Å². The molecule has 0 bridgehead atoms. The second-order valence-corrected chi connectivity index (χ2v) is 7.93. The van der Waals surface area contributed by atoms with Gasteiger partial charge in [-0.3, -0.25) is 0 Å². The first-order valence-corrected chi connectivity index (χ1v) is 10.9. The van der Waals surface area contributed by atoms with E-state index >= 15 is 0 Å². The highest BCUT2D eigenvalue weighted by Crippen LogP contribution is 2.24. The molecule has 2 N–H and O–H groups in total.